The fourth-order valence-electron chi connectivity index (χ4n) is 3.78. The Morgan fingerprint density at radius 1 is 0.733 bits per heavy atom. The van der Waals surface area contributed by atoms with Crippen molar-refractivity contribution < 1.29 is 14.3 Å². The van der Waals surface area contributed by atoms with Crippen molar-refractivity contribution >= 4 is 23.3 Å². The molecule has 0 saturated heterocycles. The van der Waals surface area contributed by atoms with E-state index in [4.69, 9.17) is 4.74 Å². The molecule has 0 unspecified atom stereocenters. The van der Waals surface area contributed by atoms with E-state index in [0.29, 0.717) is 6.54 Å². The molecule has 0 aliphatic heterocycles. The number of nitrogens with zero attached hydrogens (tertiary/aromatic N) is 1. The van der Waals surface area contributed by atoms with Crippen molar-refractivity contribution in [3.63, 3.8) is 0 Å². The number of hydrogen-bond acceptors (Lipinski definition) is 3. The highest BCUT2D eigenvalue weighted by Crippen LogP contribution is 2.35. The van der Waals surface area contributed by atoms with Crippen molar-refractivity contribution in [2.75, 3.05) is 13.2 Å². The molecule has 4 heteroatoms. The lowest BCUT2D eigenvalue weighted by atomic mass is 10.1. The van der Waals surface area contributed by atoms with Crippen LogP contribution in [-0.2, 0) is 20.7 Å². The monoisotopic (exact) mass is 402 g/mol. The van der Waals surface area contributed by atoms with Crippen LogP contribution >= 0.6 is 0 Å². The number of rotatable bonds is 9. The zero-order valence-corrected chi connectivity index (χ0v) is 17.4. The van der Waals surface area contributed by atoms with Crippen LogP contribution in [0.4, 0.5) is 11.4 Å². The molecule has 0 bridgehead atoms. The maximum atomic E-state index is 13.5. The third kappa shape index (κ3) is 5.22. The van der Waals surface area contributed by atoms with Gasteiger partial charge < -0.3 is 4.74 Å². The molecule has 0 aliphatic rings. The number of unbranched alkanes of at least 4 members (excludes halogenated alkanes) is 1. The molecule has 0 heterocycles. The van der Waals surface area contributed by atoms with E-state index in [1.807, 2.05) is 78.9 Å². The van der Waals surface area contributed by atoms with Crippen LogP contribution in [-0.4, -0.2) is 25.0 Å². The molecule has 1 amide bonds. The van der Waals surface area contributed by atoms with E-state index in [0.717, 1.165) is 30.6 Å². The van der Waals surface area contributed by atoms with Crippen LogP contribution in [0.3, 0.4) is 0 Å². The van der Waals surface area contributed by atoms with Gasteiger partial charge in [-0.3, -0.25) is 4.79 Å². The molecule has 0 atom stereocenters. The summed E-state index contributed by atoms with van der Waals surface area (Å²) in [6.45, 7) is 1.67. The molecular formula is C26H28NO3+. The number of esters is 1. The smallest absolute Gasteiger partial charge is 0.361 e. The molecule has 154 valence electrons. The maximum Gasteiger partial charge on any atom is 0.361 e. The van der Waals surface area contributed by atoms with Gasteiger partial charge in [0, 0.05) is 31.2 Å². The molecular weight excluding hydrogens is 374 g/mol. The van der Waals surface area contributed by atoms with Crippen LogP contribution in [0.25, 0.3) is 0 Å². The summed E-state index contributed by atoms with van der Waals surface area (Å²) in [5.41, 5.74) is 3.04. The summed E-state index contributed by atoms with van der Waals surface area (Å²) in [6.07, 6.45) is 2.78. The minimum absolute atomic E-state index is 0.0315. The number of carbonyl (C=O) groups excluding carboxylic acids is 2. The minimum Gasteiger partial charge on any atom is -0.451 e. The first kappa shape index (κ1) is 21.5. The van der Waals surface area contributed by atoms with Crippen LogP contribution in [0.2, 0.25) is 0 Å². The Morgan fingerprint density at radius 3 is 1.73 bits per heavy atom. The Morgan fingerprint density at radius 2 is 1.23 bits per heavy atom. The van der Waals surface area contributed by atoms with E-state index in [1.165, 1.54) is 12.5 Å². The van der Waals surface area contributed by atoms with Crippen molar-refractivity contribution in [1.29, 1.82) is 0 Å². The molecule has 3 aromatic carbocycles. The normalized spacial score (nSPS) is 11.1. The molecule has 3 rings (SSSR count). The number of para-hydroxylation sites is 2. The third-order valence-corrected chi connectivity index (χ3v) is 5.27. The van der Waals surface area contributed by atoms with Crippen LogP contribution in [0.5, 0.6) is 0 Å². The van der Waals surface area contributed by atoms with Gasteiger partial charge in [-0.05, 0) is 24.8 Å². The molecule has 0 spiro atoms. The first-order valence-corrected chi connectivity index (χ1v) is 10.3. The molecule has 4 nitrogen and oxygen atoms in total. The highest BCUT2D eigenvalue weighted by Gasteiger charge is 2.41. The second-order valence-corrected chi connectivity index (χ2v) is 7.32. The SMILES string of the molecule is CC(=O)OCC(=O)[N+](CCCCc1ccccc1)(c1ccccc1)c1ccccc1. The lowest BCUT2D eigenvalue weighted by Crippen LogP contribution is -2.52. The van der Waals surface area contributed by atoms with Gasteiger partial charge in [-0.1, -0.05) is 66.7 Å². The molecule has 0 fully saturated rings. The highest BCUT2D eigenvalue weighted by atomic mass is 16.5. The topological polar surface area (TPSA) is 43.4 Å². The van der Waals surface area contributed by atoms with Gasteiger partial charge in [0.2, 0.25) is 6.61 Å². The number of ether oxygens (including phenoxy) is 1. The lowest BCUT2D eigenvalue weighted by molar-refractivity contribution is -0.148. The van der Waals surface area contributed by atoms with Gasteiger partial charge in [-0.25, -0.2) is 4.79 Å². The Labute approximate surface area is 178 Å². The fraction of sp³-hybridized carbons (Fsp3) is 0.231. The van der Waals surface area contributed by atoms with Gasteiger partial charge >= 0.3 is 11.9 Å². The van der Waals surface area contributed by atoms with Gasteiger partial charge in [0.05, 0.1) is 6.54 Å². The largest absolute Gasteiger partial charge is 0.451 e. The fourth-order valence-corrected chi connectivity index (χ4v) is 3.78. The number of benzene rings is 3. The average molecular weight is 403 g/mol. The zero-order valence-electron chi connectivity index (χ0n) is 17.4. The second-order valence-electron chi connectivity index (χ2n) is 7.32. The standard InChI is InChI=1S/C26H28NO3/c1-22(28)30-21-26(29)27(24-16-7-3-8-17-24,25-18-9-4-10-19-25)20-12-11-15-23-13-5-2-6-14-23/h2-10,13-14,16-19H,11-12,15,20-21H2,1H3/q+1. The van der Waals surface area contributed by atoms with Gasteiger partial charge in [-0.15, -0.1) is 0 Å². The van der Waals surface area contributed by atoms with Crippen molar-refractivity contribution in [3.8, 4) is 0 Å². The molecule has 0 N–H and O–H groups in total. The lowest BCUT2D eigenvalue weighted by Gasteiger charge is -2.35. The Hall–Kier alpha value is -3.24. The predicted octanol–water partition coefficient (Wildman–Crippen LogP) is 5.44. The summed E-state index contributed by atoms with van der Waals surface area (Å²) in [4.78, 5) is 24.9. The summed E-state index contributed by atoms with van der Waals surface area (Å²) in [5.74, 6) is -0.603. The maximum absolute atomic E-state index is 13.5. The Kier molecular flexibility index (Phi) is 7.52. The van der Waals surface area contributed by atoms with Crippen LogP contribution in [0.15, 0.2) is 91.0 Å². The second kappa shape index (κ2) is 10.5. The van der Waals surface area contributed by atoms with Crippen LogP contribution in [0, 0.1) is 0 Å². The number of aryl methyl sites for hydroxylation is 1. The van der Waals surface area contributed by atoms with E-state index in [2.05, 4.69) is 12.1 Å². The summed E-state index contributed by atoms with van der Waals surface area (Å²) in [6, 6.07) is 29.9. The molecule has 0 radical (unpaired) electrons. The molecule has 0 aliphatic carbocycles. The predicted molar refractivity (Wildman–Crippen MR) is 120 cm³/mol. The first-order valence-electron chi connectivity index (χ1n) is 10.3. The van der Waals surface area contributed by atoms with Crippen molar-refractivity contribution in [2.24, 2.45) is 0 Å². The molecule has 0 saturated carbocycles. The van der Waals surface area contributed by atoms with Crippen LogP contribution in [0.1, 0.15) is 25.3 Å². The van der Waals surface area contributed by atoms with Gasteiger partial charge in [0.1, 0.15) is 11.4 Å². The molecule has 3 aromatic rings. The third-order valence-electron chi connectivity index (χ3n) is 5.27. The average Bonchev–Trinajstić information content (AvgIpc) is 2.79. The minimum atomic E-state index is -0.452. The number of amides is 1. The quantitative estimate of drug-likeness (QED) is 0.272. The van der Waals surface area contributed by atoms with Crippen molar-refractivity contribution in [3.05, 3.63) is 96.6 Å². The van der Waals surface area contributed by atoms with Gasteiger partial charge in [0.25, 0.3) is 0 Å². The highest BCUT2D eigenvalue weighted by molar-refractivity contribution is 5.96. The Bertz CT molecular complexity index is 900. The first-order chi connectivity index (χ1) is 14.6. The zero-order chi connectivity index (χ0) is 21.2. The van der Waals surface area contributed by atoms with E-state index < -0.39 is 5.97 Å². The van der Waals surface area contributed by atoms with Crippen molar-refractivity contribution in [2.45, 2.75) is 26.2 Å². The number of carbonyl (C=O) groups is 2. The van der Waals surface area contributed by atoms with Gasteiger partial charge in [-0.2, -0.15) is 4.48 Å². The summed E-state index contributed by atoms with van der Waals surface area (Å²) < 4.78 is 5.16. The number of quaternary nitrogens is 1. The molecule has 30 heavy (non-hydrogen) atoms. The Balaban J connectivity index is 1.90. The number of hydrogen-bond donors (Lipinski definition) is 0. The molecule has 0 aromatic heterocycles. The van der Waals surface area contributed by atoms with Crippen LogP contribution < -0.4 is 4.48 Å². The summed E-state index contributed by atoms with van der Waals surface area (Å²) >= 11 is 0. The van der Waals surface area contributed by atoms with E-state index in [9.17, 15) is 9.59 Å². The van der Waals surface area contributed by atoms with E-state index in [-0.39, 0.29) is 17.0 Å². The summed E-state index contributed by atoms with van der Waals surface area (Å²) in [5, 5.41) is 0. The van der Waals surface area contributed by atoms with E-state index >= 15 is 0 Å². The van der Waals surface area contributed by atoms with Crippen molar-refractivity contribution in [1.82, 2.24) is 4.48 Å². The van der Waals surface area contributed by atoms with Gasteiger partial charge in [0.15, 0.2) is 0 Å². The van der Waals surface area contributed by atoms with E-state index in [1.54, 1.807) is 0 Å². The summed E-state index contributed by atoms with van der Waals surface area (Å²) in [7, 11) is 0.